The number of allylic oxidation sites excluding steroid dienone is 2. The van der Waals surface area contributed by atoms with Crippen molar-refractivity contribution < 1.29 is 14.3 Å². The number of rotatable bonds is 4. The first kappa shape index (κ1) is 15.1. The average molecular weight is 324 g/mol. The summed E-state index contributed by atoms with van der Waals surface area (Å²) in [5, 5.41) is 5.30. The number of carbonyl (C=O) groups is 2. The minimum Gasteiger partial charge on any atom is -0.493 e. The highest BCUT2D eigenvalue weighted by Crippen LogP contribution is 2.49. The summed E-state index contributed by atoms with van der Waals surface area (Å²) in [6.07, 6.45) is 7.75. The van der Waals surface area contributed by atoms with Crippen LogP contribution in [0.5, 0.6) is 5.75 Å². The third-order valence-corrected chi connectivity index (χ3v) is 5.27. The van der Waals surface area contributed by atoms with Gasteiger partial charge in [-0.25, -0.2) is 0 Å². The maximum atomic E-state index is 12.7. The van der Waals surface area contributed by atoms with Crippen LogP contribution in [0.2, 0.25) is 0 Å². The van der Waals surface area contributed by atoms with Gasteiger partial charge in [-0.15, -0.1) is 0 Å². The van der Waals surface area contributed by atoms with Gasteiger partial charge in [-0.2, -0.15) is 10.1 Å². The van der Waals surface area contributed by atoms with E-state index in [1.807, 2.05) is 31.2 Å². The SMILES string of the molecule is CCOc1ccccc1/C=N\N1C(=O)[C@H]2[C@H](C1=O)[C@H]1C=C[C@H]2CC1. The molecule has 124 valence electrons. The van der Waals surface area contributed by atoms with Gasteiger partial charge in [-0.3, -0.25) is 9.59 Å². The van der Waals surface area contributed by atoms with Crippen molar-refractivity contribution in [2.24, 2.45) is 28.8 Å². The summed E-state index contributed by atoms with van der Waals surface area (Å²) in [4.78, 5) is 25.4. The Labute approximate surface area is 141 Å². The molecule has 0 aromatic heterocycles. The van der Waals surface area contributed by atoms with E-state index in [-0.39, 0.29) is 35.5 Å². The van der Waals surface area contributed by atoms with Crippen molar-refractivity contribution >= 4 is 18.0 Å². The minimum absolute atomic E-state index is 0.158. The van der Waals surface area contributed by atoms with E-state index in [4.69, 9.17) is 4.74 Å². The number of fused-ring (bicyclic) bond motifs is 1. The van der Waals surface area contributed by atoms with E-state index in [2.05, 4.69) is 17.3 Å². The van der Waals surface area contributed by atoms with Gasteiger partial charge >= 0.3 is 0 Å². The van der Waals surface area contributed by atoms with Crippen LogP contribution in [0.25, 0.3) is 0 Å². The molecule has 1 aromatic rings. The second-order valence-electron chi connectivity index (χ2n) is 6.55. The summed E-state index contributed by atoms with van der Waals surface area (Å²) in [7, 11) is 0. The third kappa shape index (κ3) is 2.27. The van der Waals surface area contributed by atoms with E-state index >= 15 is 0 Å². The summed E-state index contributed by atoms with van der Waals surface area (Å²) in [5.74, 6) is 0.311. The van der Waals surface area contributed by atoms with Crippen LogP contribution in [0.4, 0.5) is 0 Å². The van der Waals surface area contributed by atoms with Gasteiger partial charge in [0, 0.05) is 5.56 Å². The molecule has 5 nitrogen and oxygen atoms in total. The van der Waals surface area contributed by atoms with Gasteiger partial charge < -0.3 is 4.74 Å². The molecule has 1 aliphatic heterocycles. The number of carbonyl (C=O) groups excluding carboxylic acids is 2. The fourth-order valence-electron chi connectivity index (χ4n) is 4.17. The van der Waals surface area contributed by atoms with Gasteiger partial charge in [-0.1, -0.05) is 24.3 Å². The molecule has 2 amide bonds. The highest BCUT2D eigenvalue weighted by Gasteiger charge is 2.56. The van der Waals surface area contributed by atoms with Crippen LogP contribution in [0.3, 0.4) is 0 Å². The Morgan fingerprint density at radius 3 is 2.33 bits per heavy atom. The van der Waals surface area contributed by atoms with E-state index in [0.717, 1.165) is 23.4 Å². The standard InChI is InChI=1S/C19H20N2O3/c1-2-24-15-6-4-3-5-14(15)11-20-21-18(22)16-12-7-8-13(10-9-12)17(16)19(21)23/h3-8,11-13,16-17H,2,9-10H2,1H3/b20-11-/t12-,13-,16+,17+/m0/s1. The molecule has 1 saturated heterocycles. The number of hydrazone groups is 1. The van der Waals surface area contributed by atoms with Crippen LogP contribution in [-0.2, 0) is 9.59 Å². The summed E-state index contributed by atoms with van der Waals surface area (Å²) in [5.41, 5.74) is 0.760. The zero-order valence-electron chi connectivity index (χ0n) is 13.6. The Bertz CT molecular complexity index is 708. The number of hydrogen-bond donors (Lipinski definition) is 0. The number of ether oxygens (including phenoxy) is 1. The summed E-state index contributed by atoms with van der Waals surface area (Å²) < 4.78 is 5.55. The molecule has 2 bridgehead atoms. The molecule has 1 heterocycles. The highest BCUT2D eigenvalue weighted by molar-refractivity contribution is 6.06. The lowest BCUT2D eigenvalue weighted by Crippen LogP contribution is -2.38. The second-order valence-corrected chi connectivity index (χ2v) is 6.55. The number of para-hydroxylation sites is 1. The molecule has 5 heteroatoms. The number of imide groups is 1. The van der Waals surface area contributed by atoms with Crippen molar-refractivity contribution in [3.63, 3.8) is 0 Å². The van der Waals surface area contributed by atoms with E-state index in [1.165, 1.54) is 0 Å². The maximum Gasteiger partial charge on any atom is 0.254 e. The third-order valence-electron chi connectivity index (χ3n) is 5.27. The van der Waals surface area contributed by atoms with E-state index < -0.39 is 0 Å². The largest absolute Gasteiger partial charge is 0.493 e. The van der Waals surface area contributed by atoms with Crippen LogP contribution in [0.15, 0.2) is 41.5 Å². The highest BCUT2D eigenvalue weighted by atomic mass is 16.5. The molecule has 5 rings (SSSR count). The van der Waals surface area contributed by atoms with Crippen molar-refractivity contribution in [2.45, 2.75) is 19.8 Å². The Morgan fingerprint density at radius 2 is 1.75 bits per heavy atom. The van der Waals surface area contributed by atoms with Crippen LogP contribution >= 0.6 is 0 Å². The zero-order chi connectivity index (χ0) is 16.7. The summed E-state index contributed by atoms with van der Waals surface area (Å²) in [6.45, 7) is 2.46. The predicted molar refractivity (Wildman–Crippen MR) is 89.4 cm³/mol. The Hall–Kier alpha value is -2.43. The first-order valence-corrected chi connectivity index (χ1v) is 8.52. The molecule has 2 fully saturated rings. The normalized spacial score (nSPS) is 31.1. The number of nitrogens with zero attached hydrogens (tertiary/aromatic N) is 2. The first-order chi connectivity index (χ1) is 11.7. The zero-order valence-corrected chi connectivity index (χ0v) is 13.6. The van der Waals surface area contributed by atoms with Gasteiger partial charge in [-0.05, 0) is 43.7 Å². The molecule has 4 aliphatic rings. The summed E-state index contributed by atoms with van der Waals surface area (Å²) >= 11 is 0. The minimum atomic E-state index is -0.222. The van der Waals surface area contributed by atoms with E-state index in [9.17, 15) is 9.59 Å². The molecule has 0 radical (unpaired) electrons. The molecule has 0 N–H and O–H groups in total. The monoisotopic (exact) mass is 324 g/mol. The van der Waals surface area contributed by atoms with Gasteiger partial charge in [0.2, 0.25) is 0 Å². The van der Waals surface area contributed by atoms with Crippen molar-refractivity contribution in [3.8, 4) is 5.75 Å². The smallest absolute Gasteiger partial charge is 0.254 e. The second kappa shape index (κ2) is 5.89. The molecular weight excluding hydrogens is 304 g/mol. The lowest BCUT2D eigenvalue weighted by molar-refractivity contribution is -0.140. The molecule has 4 atom stereocenters. The fraction of sp³-hybridized carbons (Fsp3) is 0.421. The molecule has 0 unspecified atom stereocenters. The first-order valence-electron chi connectivity index (χ1n) is 8.52. The van der Waals surface area contributed by atoms with Crippen LogP contribution in [0.1, 0.15) is 25.3 Å². The Balaban J connectivity index is 1.60. The van der Waals surface area contributed by atoms with Crippen molar-refractivity contribution in [1.82, 2.24) is 5.01 Å². The van der Waals surface area contributed by atoms with Gasteiger partial charge in [0.15, 0.2) is 0 Å². The Kier molecular flexibility index (Phi) is 3.71. The molecule has 1 aromatic carbocycles. The molecular formula is C19H20N2O3. The molecule has 0 spiro atoms. The van der Waals surface area contributed by atoms with Crippen molar-refractivity contribution in [1.29, 1.82) is 0 Å². The van der Waals surface area contributed by atoms with Crippen LogP contribution in [-0.4, -0.2) is 29.6 Å². The lowest BCUT2D eigenvalue weighted by atomic mass is 9.63. The average Bonchev–Trinajstić information content (AvgIpc) is 2.89. The maximum absolute atomic E-state index is 12.7. The topological polar surface area (TPSA) is 59.0 Å². The van der Waals surface area contributed by atoms with Gasteiger partial charge in [0.1, 0.15) is 5.75 Å². The van der Waals surface area contributed by atoms with Crippen LogP contribution < -0.4 is 4.74 Å². The predicted octanol–water partition coefficient (Wildman–Crippen LogP) is 2.62. The quantitative estimate of drug-likeness (QED) is 0.486. The molecule has 24 heavy (non-hydrogen) atoms. The summed E-state index contributed by atoms with van der Waals surface area (Å²) in [6, 6.07) is 7.47. The van der Waals surface area contributed by atoms with Gasteiger partial charge in [0.25, 0.3) is 11.8 Å². The lowest BCUT2D eigenvalue weighted by Gasteiger charge is -2.37. The molecule has 1 saturated carbocycles. The van der Waals surface area contributed by atoms with Crippen molar-refractivity contribution in [3.05, 3.63) is 42.0 Å². The fourth-order valence-corrected chi connectivity index (χ4v) is 4.17. The van der Waals surface area contributed by atoms with E-state index in [0.29, 0.717) is 12.4 Å². The number of amides is 2. The Morgan fingerprint density at radius 1 is 1.12 bits per heavy atom. The van der Waals surface area contributed by atoms with E-state index in [1.54, 1.807) is 6.21 Å². The van der Waals surface area contributed by atoms with Gasteiger partial charge in [0.05, 0.1) is 24.7 Å². The van der Waals surface area contributed by atoms with Crippen molar-refractivity contribution in [2.75, 3.05) is 6.61 Å². The number of hydrogen-bond acceptors (Lipinski definition) is 4. The molecule has 3 aliphatic carbocycles. The number of benzene rings is 1. The van der Waals surface area contributed by atoms with Crippen LogP contribution in [0, 0.1) is 23.7 Å².